The highest BCUT2D eigenvalue weighted by Gasteiger charge is 2.40. The smallest absolute Gasteiger partial charge is 0.407 e. The van der Waals surface area contributed by atoms with Gasteiger partial charge in [-0.1, -0.05) is 43.2 Å². The maximum absolute atomic E-state index is 13.9. The summed E-state index contributed by atoms with van der Waals surface area (Å²) in [4.78, 5) is 12.7. The van der Waals surface area contributed by atoms with Crippen molar-refractivity contribution in [2.45, 2.75) is 88.4 Å². The van der Waals surface area contributed by atoms with E-state index in [-0.39, 0.29) is 35.6 Å². The second-order valence-corrected chi connectivity index (χ2v) is 13.6. The minimum Gasteiger partial charge on any atom is -0.508 e. The molecule has 218 valence electrons. The number of phenolic OH excluding ortho intramolecular Hbond substituents is 1. The van der Waals surface area contributed by atoms with Crippen molar-refractivity contribution >= 4 is 16.1 Å². The van der Waals surface area contributed by atoms with Crippen LogP contribution in [0.5, 0.6) is 5.75 Å². The van der Waals surface area contributed by atoms with Gasteiger partial charge in [-0.2, -0.15) is 9.57 Å². The van der Waals surface area contributed by atoms with Gasteiger partial charge in [-0.05, 0) is 81.7 Å². The Kier molecular flexibility index (Phi) is 10.6. The van der Waals surface area contributed by atoms with Gasteiger partial charge >= 0.3 is 6.09 Å². The summed E-state index contributed by atoms with van der Waals surface area (Å²) in [7, 11) is -4.09. The molecule has 0 spiro atoms. The van der Waals surface area contributed by atoms with Crippen LogP contribution in [0.2, 0.25) is 0 Å². The minimum atomic E-state index is -4.09. The molecule has 1 fully saturated rings. The Morgan fingerprint density at radius 1 is 1.12 bits per heavy atom. The van der Waals surface area contributed by atoms with Gasteiger partial charge in [0.15, 0.2) is 0 Å². The number of sulfonamides is 1. The van der Waals surface area contributed by atoms with E-state index >= 15 is 0 Å². The van der Waals surface area contributed by atoms with E-state index in [2.05, 4.69) is 11.4 Å². The number of aliphatic hydroxyl groups is 1. The normalized spacial score (nSPS) is 16.7. The van der Waals surface area contributed by atoms with Crippen molar-refractivity contribution in [3.63, 3.8) is 0 Å². The van der Waals surface area contributed by atoms with Gasteiger partial charge in [-0.25, -0.2) is 13.2 Å². The van der Waals surface area contributed by atoms with E-state index in [1.54, 1.807) is 20.8 Å². The van der Waals surface area contributed by atoms with Gasteiger partial charge in [-0.15, -0.1) is 0 Å². The van der Waals surface area contributed by atoms with Crippen molar-refractivity contribution in [1.82, 2.24) is 9.62 Å². The second kappa shape index (κ2) is 13.5. The first kappa shape index (κ1) is 31.4. The quantitative estimate of drug-likeness (QED) is 0.334. The number of hydrogen-bond donors (Lipinski definition) is 3. The molecule has 2 aromatic carbocycles. The van der Waals surface area contributed by atoms with Crippen molar-refractivity contribution in [1.29, 1.82) is 5.26 Å². The maximum atomic E-state index is 13.9. The Balaban J connectivity index is 1.94. The molecule has 1 amide bonds. The van der Waals surface area contributed by atoms with Gasteiger partial charge in [0.1, 0.15) is 11.4 Å². The summed E-state index contributed by atoms with van der Waals surface area (Å²) in [6.07, 6.45) is 2.61. The van der Waals surface area contributed by atoms with Crippen molar-refractivity contribution in [3.05, 3.63) is 60.2 Å². The van der Waals surface area contributed by atoms with Crippen LogP contribution in [0, 0.1) is 16.7 Å². The molecule has 0 bridgehead atoms. The van der Waals surface area contributed by atoms with Crippen LogP contribution in [0.4, 0.5) is 4.79 Å². The Bertz CT molecular complexity index is 1250. The molecule has 0 saturated heterocycles. The molecule has 1 aliphatic carbocycles. The van der Waals surface area contributed by atoms with Gasteiger partial charge in [0.25, 0.3) is 0 Å². The third-order valence-corrected chi connectivity index (χ3v) is 9.10. The van der Waals surface area contributed by atoms with Crippen LogP contribution in [-0.4, -0.2) is 59.9 Å². The van der Waals surface area contributed by atoms with Gasteiger partial charge < -0.3 is 20.3 Å². The molecule has 10 heteroatoms. The largest absolute Gasteiger partial charge is 0.508 e. The molecule has 1 saturated carbocycles. The predicted molar refractivity (Wildman–Crippen MR) is 152 cm³/mol. The average Bonchev–Trinajstić information content (AvgIpc) is 3.35. The fraction of sp³-hybridized carbons (Fsp3) is 0.533. The number of alkyl carbamates (subject to hydrolysis) is 1. The Labute approximate surface area is 237 Å². The van der Waals surface area contributed by atoms with Crippen LogP contribution in [0.25, 0.3) is 0 Å². The number of nitriles is 1. The number of rotatable bonds is 12. The van der Waals surface area contributed by atoms with E-state index in [0.717, 1.165) is 31.2 Å². The van der Waals surface area contributed by atoms with Crippen LogP contribution >= 0.6 is 0 Å². The number of ether oxygens (including phenoxy) is 1. The summed E-state index contributed by atoms with van der Waals surface area (Å²) in [5.74, 6) is -0.0590. The van der Waals surface area contributed by atoms with Gasteiger partial charge in [0.2, 0.25) is 10.0 Å². The SMILES string of the molecule is CC(C)(C)OC(=O)N[C@@H](Cc1ccccc1)[C@H](O)CN(CC1(CCC#N)CCCC1)S(=O)(=O)c1ccc(O)cc1. The first-order chi connectivity index (χ1) is 18.8. The lowest BCUT2D eigenvalue weighted by atomic mass is 9.81. The third kappa shape index (κ3) is 8.95. The molecule has 1 aliphatic rings. The highest BCUT2D eigenvalue weighted by Crippen LogP contribution is 2.43. The fourth-order valence-electron chi connectivity index (χ4n) is 5.27. The van der Waals surface area contributed by atoms with Crippen LogP contribution in [0.15, 0.2) is 59.5 Å². The highest BCUT2D eigenvalue weighted by atomic mass is 32.2. The van der Waals surface area contributed by atoms with E-state index in [1.165, 1.54) is 28.6 Å². The first-order valence-corrected chi connectivity index (χ1v) is 15.2. The number of phenols is 1. The molecule has 0 aromatic heterocycles. The predicted octanol–water partition coefficient (Wildman–Crippen LogP) is 4.74. The average molecular weight is 572 g/mol. The number of hydrogen-bond acceptors (Lipinski definition) is 7. The lowest BCUT2D eigenvalue weighted by Crippen LogP contribution is -2.52. The van der Waals surface area contributed by atoms with E-state index in [4.69, 9.17) is 4.74 Å². The molecule has 2 aromatic rings. The monoisotopic (exact) mass is 571 g/mol. The summed E-state index contributed by atoms with van der Waals surface area (Å²) < 4.78 is 34.6. The Morgan fingerprint density at radius 2 is 1.75 bits per heavy atom. The molecular weight excluding hydrogens is 530 g/mol. The molecule has 0 heterocycles. The Hall–Kier alpha value is -3.13. The van der Waals surface area contributed by atoms with E-state index in [1.807, 2.05) is 30.3 Å². The molecule has 2 atom stereocenters. The third-order valence-electron chi connectivity index (χ3n) is 7.27. The summed E-state index contributed by atoms with van der Waals surface area (Å²) in [5.41, 5.74) is -0.278. The number of carbonyl (C=O) groups is 1. The first-order valence-electron chi connectivity index (χ1n) is 13.7. The lowest BCUT2D eigenvalue weighted by molar-refractivity contribution is 0.0388. The number of aliphatic hydroxyl groups excluding tert-OH is 1. The number of amides is 1. The number of carbonyl (C=O) groups excluding carboxylic acids is 1. The van der Waals surface area contributed by atoms with Gasteiger partial charge in [0, 0.05) is 19.5 Å². The summed E-state index contributed by atoms with van der Waals surface area (Å²) >= 11 is 0. The molecule has 3 N–H and O–H groups in total. The molecular formula is C30H41N3O6S. The van der Waals surface area contributed by atoms with Crippen LogP contribution in [-0.2, 0) is 21.2 Å². The Morgan fingerprint density at radius 3 is 2.33 bits per heavy atom. The zero-order valence-corrected chi connectivity index (χ0v) is 24.4. The van der Waals surface area contributed by atoms with Crippen molar-refractivity contribution in [3.8, 4) is 11.8 Å². The standard InChI is InChI=1S/C30H41N3O6S/c1-29(2,3)39-28(36)32-26(20-23-10-5-4-6-11-23)27(35)21-33(22-30(18-9-19-31)16-7-8-17-30)40(37,38)25-14-12-24(34)13-15-25/h4-6,10-15,26-27,34-35H,7-9,16-18,20-22H2,1-3H3,(H,32,36)/t26-,27+/m0/s1. The van der Waals surface area contributed by atoms with Crippen LogP contribution in [0.3, 0.4) is 0 Å². The van der Waals surface area contributed by atoms with Crippen molar-refractivity contribution in [2.75, 3.05) is 13.1 Å². The molecule has 0 radical (unpaired) electrons. The zero-order chi connectivity index (χ0) is 29.4. The summed E-state index contributed by atoms with van der Waals surface area (Å²) in [6, 6.07) is 16.0. The molecule has 9 nitrogen and oxygen atoms in total. The molecule has 3 rings (SSSR count). The van der Waals surface area contributed by atoms with Gasteiger partial charge in [0.05, 0.1) is 23.1 Å². The van der Waals surface area contributed by atoms with Crippen molar-refractivity contribution < 1.29 is 28.2 Å². The number of nitrogens with one attached hydrogen (secondary N) is 1. The van der Waals surface area contributed by atoms with Crippen LogP contribution in [0.1, 0.15) is 64.9 Å². The number of benzene rings is 2. The highest BCUT2D eigenvalue weighted by molar-refractivity contribution is 7.89. The second-order valence-electron chi connectivity index (χ2n) is 11.7. The number of aromatic hydroxyl groups is 1. The molecule has 0 unspecified atom stereocenters. The van der Waals surface area contributed by atoms with E-state index in [0.29, 0.717) is 12.8 Å². The van der Waals surface area contributed by atoms with Gasteiger partial charge in [-0.3, -0.25) is 0 Å². The van der Waals surface area contributed by atoms with Crippen molar-refractivity contribution in [2.24, 2.45) is 5.41 Å². The minimum absolute atomic E-state index is 0.00867. The maximum Gasteiger partial charge on any atom is 0.407 e. The summed E-state index contributed by atoms with van der Waals surface area (Å²) in [6.45, 7) is 5.08. The molecule has 40 heavy (non-hydrogen) atoms. The number of nitrogens with zero attached hydrogens (tertiary/aromatic N) is 2. The van der Waals surface area contributed by atoms with E-state index < -0.39 is 33.9 Å². The molecule has 0 aliphatic heterocycles. The summed E-state index contributed by atoms with van der Waals surface area (Å²) in [5, 5.41) is 33.2. The lowest BCUT2D eigenvalue weighted by Gasteiger charge is -2.37. The zero-order valence-electron chi connectivity index (χ0n) is 23.5. The van der Waals surface area contributed by atoms with E-state index in [9.17, 15) is 28.7 Å². The fourth-order valence-corrected chi connectivity index (χ4v) is 6.84. The topological polar surface area (TPSA) is 140 Å². The van der Waals surface area contributed by atoms with Crippen LogP contribution < -0.4 is 5.32 Å².